The highest BCUT2D eigenvalue weighted by Gasteiger charge is 2.26. The topological polar surface area (TPSA) is 101 Å². The Morgan fingerprint density at radius 1 is 1.38 bits per heavy atom. The van der Waals surface area contributed by atoms with Crippen LogP contribution >= 0.6 is 11.3 Å². The van der Waals surface area contributed by atoms with Crippen molar-refractivity contribution < 1.29 is 13.2 Å². The van der Waals surface area contributed by atoms with Gasteiger partial charge in [0.2, 0.25) is 0 Å². The summed E-state index contributed by atoms with van der Waals surface area (Å²) in [6.07, 6.45) is 3.07. The van der Waals surface area contributed by atoms with Crippen LogP contribution in [0.2, 0.25) is 0 Å². The first-order chi connectivity index (χ1) is 9.68. The SMILES string of the molecule is CNC(=O)c1sc(NCCCC(C)C)c(S(C)(=O)=O)c1N. The fourth-order valence-electron chi connectivity index (χ4n) is 1.91. The van der Waals surface area contributed by atoms with E-state index in [-0.39, 0.29) is 21.4 Å². The summed E-state index contributed by atoms with van der Waals surface area (Å²) in [7, 11) is -2.01. The van der Waals surface area contributed by atoms with Gasteiger partial charge >= 0.3 is 0 Å². The zero-order valence-corrected chi connectivity index (χ0v) is 14.5. The molecule has 0 spiro atoms. The molecular formula is C13H23N3O3S2. The van der Waals surface area contributed by atoms with Crippen molar-refractivity contribution in [3.63, 3.8) is 0 Å². The van der Waals surface area contributed by atoms with Crippen LogP contribution in [0.15, 0.2) is 4.90 Å². The molecule has 0 saturated heterocycles. The van der Waals surface area contributed by atoms with Crippen LogP contribution in [0, 0.1) is 5.92 Å². The highest BCUT2D eigenvalue weighted by atomic mass is 32.2. The molecule has 6 nitrogen and oxygen atoms in total. The molecular weight excluding hydrogens is 310 g/mol. The fourth-order valence-corrected chi connectivity index (χ4v) is 4.45. The highest BCUT2D eigenvalue weighted by Crippen LogP contribution is 2.39. The molecule has 1 amide bonds. The van der Waals surface area contributed by atoms with Crippen molar-refractivity contribution in [1.82, 2.24) is 5.32 Å². The normalized spacial score (nSPS) is 11.7. The molecule has 0 aliphatic heterocycles. The van der Waals surface area contributed by atoms with Crippen molar-refractivity contribution in [1.29, 1.82) is 0 Å². The van der Waals surface area contributed by atoms with Crippen molar-refractivity contribution in [2.75, 3.05) is 30.9 Å². The van der Waals surface area contributed by atoms with Gasteiger partial charge in [-0.05, 0) is 18.8 Å². The first kappa shape index (κ1) is 17.8. The minimum Gasteiger partial charge on any atom is -0.396 e. The van der Waals surface area contributed by atoms with Crippen LogP contribution < -0.4 is 16.4 Å². The second-order valence-corrected chi connectivity index (χ2v) is 8.29. The molecule has 0 saturated carbocycles. The van der Waals surface area contributed by atoms with Crippen molar-refractivity contribution in [2.45, 2.75) is 31.6 Å². The number of nitrogens with one attached hydrogen (secondary N) is 2. The Hall–Kier alpha value is -1.28. The third-order valence-electron chi connectivity index (χ3n) is 2.95. The van der Waals surface area contributed by atoms with E-state index in [9.17, 15) is 13.2 Å². The molecule has 1 aromatic heterocycles. The lowest BCUT2D eigenvalue weighted by Gasteiger charge is -2.08. The lowest BCUT2D eigenvalue weighted by Crippen LogP contribution is -2.18. The Morgan fingerprint density at radius 2 is 2.00 bits per heavy atom. The van der Waals surface area contributed by atoms with Crippen LogP contribution in [0.3, 0.4) is 0 Å². The lowest BCUT2D eigenvalue weighted by atomic mass is 10.1. The molecule has 21 heavy (non-hydrogen) atoms. The highest BCUT2D eigenvalue weighted by molar-refractivity contribution is 7.91. The van der Waals surface area contributed by atoms with Gasteiger partial charge in [-0.2, -0.15) is 0 Å². The maximum absolute atomic E-state index is 11.9. The smallest absolute Gasteiger partial charge is 0.263 e. The number of nitrogen functional groups attached to an aromatic ring is 1. The number of rotatable bonds is 7. The molecule has 1 heterocycles. The van der Waals surface area contributed by atoms with Crippen molar-refractivity contribution in [2.24, 2.45) is 5.92 Å². The molecule has 0 aromatic carbocycles. The summed E-state index contributed by atoms with van der Waals surface area (Å²) in [5.41, 5.74) is 5.87. The summed E-state index contributed by atoms with van der Waals surface area (Å²) >= 11 is 1.08. The Morgan fingerprint density at radius 3 is 2.48 bits per heavy atom. The van der Waals surface area contributed by atoms with Crippen LogP contribution in [-0.2, 0) is 9.84 Å². The van der Waals surface area contributed by atoms with Gasteiger partial charge < -0.3 is 16.4 Å². The third kappa shape index (κ3) is 4.60. The molecule has 0 aliphatic carbocycles. The van der Waals surface area contributed by atoms with Gasteiger partial charge in [0, 0.05) is 19.8 Å². The maximum Gasteiger partial charge on any atom is 0.263 e. The predicted molar refractivity (Wildman–Crippen MR) is 87.8 cm³/mol. The molecule has 1 aromatic rings. The average molecular weight is 333 g/mol. The quantitative estimate of drug-likeness (QED) is 0.662. The van der Waals surface area contributed by atoms with Crippen LogP contribution in [-0.4, -0.2) is 34.2 Å². The maximum atomic E-state index is 11.9. The number of thiophene rings is 1. The monoisotopic (exact) mass is 333 g/mol. The Balaban J connectivity index is 3.04. The van der Waals surface area contributed by atoms with Crippen molar-refractivity contribution in [3.8, 4) is 0 Å². The number of hydrogen-bond donors (Lipinski definition) is 3. The van der Waals surface area contributed by atoms with Gasteiger partial charge in [0.15, 0.2) is 9.84 Å². The van der Waals surface area contributed by atoms with E-state index in [1.807, 2.05) is 0 Å². The van der Waals surface area contributed by atoms with Crippen molar-refractivity contribution in [3.05, 3.63) is 4.88 Å². The number of carbonyl (C=O) groups is 1. The summed E-state index contributed by atoms with van der Waals surface area (Å²) in [4.78, 5) is 12.0. The van der Waals surface area contributed by atoms with E-state index in [1.165, 1.54) is 7.05 Å². The predicted octanol–water partition coefficient (Wildman–Crippen LogP) is 1.94. The Labute approximate surface area is 130 Å². The number of hydrogen-bond acceptors (Lipinski definition) is 6. The van der Waals surface area contributed by atoms with Crippen LogP contribution in [0.4, 0.5) is 10.7 Å². The van der Waals surface area contributed by atoms with Gasteiger partial charge in [-0.1, -0.05) is 13.8 Å². The van der Waals surface area contributed by atoms with Crippen LogP contribution in [0.1, 0.15) is 36.4 Å². The average Bonchev–Trinajstić information content (AvgIpc) is 2.70. The van der Waals surface area contributed by atoms with Gasteiger partial charge in [0.05, 0.1) is 5.69 Å². The summed E-state index contributed by atoms with van der Waals surface area (Å²) in [5, 5.41) is 6.00. The van der Waals surface area contributed by atoms with Crippen LogP contribution in [0.25, 0.3) is 0 Å². The standard InChI is InChI=1S/C13H23N3O3S2/c1-8(2)6-5-7-16-13-11(21(4,18)19)9(14)10(20-13)12(17)15-3/h8,16H,5-7,14H2,1-4H3,(H,15,17). The van der Waals surface area contributed by atoms with E-state index in [2.05, 4.69) is 24.5 Å². The van der Waals surface area contributed by atoms with Crippen molar-refractivity contribution >= 4 is 37.8 Å². The summed E-state index contributed by atoms with van der Waals surface area (Å²) in [6.45, 7) is 4.91. The van der Waals surface area contributed by atoms with E-state index in [0.717, 1.165) is 30.4 Å². The second kappa shape index (κ2) is 7.13. The van der Waals surface area contributed by atoms with Gasteiger partial charge in [0.25, 0.3) is 5.91 Å². The summed E-state index contributed by atoms with van der Waals surface area (Å²) < 4.78 is 23.8. The van der Waals surface area contributed by atoms with Crippen LogP contribution in [0.5, 0.6) is 0 Å². The number of sulfone groups is 1. The van der Waals surface area contributed by atoms with Gasteiger partial charge in [-0.3, -0.25) is 4.79 Å². The molecule has 4 N–H and O–H groups in total. The Kier molecular flexibility index (Phi) is 6.03. The van der Waals surface area contributed by atoms with Gasteiger partial charge in [-0.25, -0.2) is 8.42 Å². The number of anilines is 2. The largest absolute Gasteiger partial charge is 0.396 e. The number of carbonyl (C=O) groups excluding carboxylic acids is 1. The lowest BCUT2D eigenvalue weighted by molar-refractivity contribution is 0.0968. The first-order valence-electron chi connectivity index (χ1n) is 6.76. The molecule has 0 radical (unpaired) electrons. The zero-order valence-electron chi connectivity index (χ0n) is 12.8. The molecule has 0 atom stereocenters. The minimum absolute atomic E-state index is 0.0215. The summed E-state index contributed by atoms with van der Waals surface area (Å²) in [5.74, 6) is 0.216. The number of nitrogens with two attached hydrogens (primary N) is 1. The molecule has 0 aliphatic rings. The first-order valence-corrected chi connectivity index (χ1v) is 9.47. The zero-order chi connectivity index (χ0) is 16.2. The molecule has 0 bridgehead atoms. The van der Waals surface area contributed by atoms with Gasteiger partial charge in [0.1, 0.15) is 14.8 Å². The fraction of sp³-hybridized carbons (Fsp3) is 0.615. The van der Waals surface area contributed by atoms with E-state index in [4.69, 9.17) is 5.73 Å². The third-order valence-corrected chi connectivity index (χ3v) is 5.40. The molecule has 120 valence electrons. The molecule has 0 unspecified atom stereocenters. The van der Waals surface area contributed by atoms with E-state index in [1.54, 1.807) is 0 Å². The Bertz CT molecular complexity index is 606. The molecule has 0 fully saturated rings. The molecule has 1 rings (SSSR count). The minimum atomic E-state index is -3.50. The van der Waals surface area contributed by atoms with E-state index in [0.29, 0.717) is 17.5 Å². The van der Waals surface area contributed by atoms with E-state index >= 15 is 0 Å². The number of amides is 1. The summed E-state index contributed by atoms with van der Waals surface area (Å²) in [6, 6.07) is 0. The van der Waals surface area contributed by atoms with E-state index < -0.39 is 9.84 Å². The molecule has 8 heteroatoms. The van der Waals surface area contributed by atoms with Gasteiger partial charge in [-0.15, -0.1) is 11.3 Å². The second-order valence-electron chi connectivity index (χ2n) is 5.32.